The predicted octanol–water partition coefficient (Wildman–Crippen LogP) is 8.08. The average Bonchev–Trinajstić information content (AvgIpc) is 2.72. The molecule has 0 N–H and O–H groups in total. The second kappa shape index (κ2) is 8.00. The fourth-order valence-corrected chi connectivity index (χ4v) is 3.58. The summed E-state index contributed by atoms with van der Waals surface area (Å²) in [6, 6.07) is 25.4. The number of hydrogen-bond acceptors (Lipinski definition) is 0. The van der Waals surface area contributed by atoms with Gasteiger partial charge in [-0.15, -0.1) is 6.58 Å². The van der Waals surface area contributed by atoms with Gasteiger partial charge in [-0.1, -0.05) is 72.3 Å². The first kappa shape index (κ1) is 18.5. The van der Waals surface area contributed by atoms with Crippen molar-refractivity contribution in [1.82, 2.24) is 0 Å². The van der Waals surface area contributed by atoms with E-state index in [1.165, 1.54) is 10.9 Å². The Balaban J connectivity index is 1.66. The minimum atomic E-state index is -0.236. The number of allylic oxidation sites excluding steroid dienone is 1. The van der Waals surface area contributed by atoms with Crippen LogP contribution in [0.25, 0.3) is 33.0 Å². The lowest BCUT2D eigenvalue weighted by molar-refractivity contribution is 0.632. The van der Waals surface area contributed by atoms with Crippen LogP contribution in [0.2, 0.25) is 5.02 Å². The summed E-state index contributed by atoms with van der Waals surface area (Å²) in [5.74, 6) is -0.236. The normalized spacial score (nSPS) is 10.9. The van der Waals surface area contributed by atoms with Gasteiger partial charge in [-0.05, 0) is 70.1 Å². The second-order valence-electron chi connectivity index (χ2n) is 6.93. The van der Waals surface area contributed by atoms with Gasteiger partial charge in [-0.2, -0.15) is 0 Å². The third kappa shape index (κ3) is 3.85. The SMILES string of the molecule is C=CCCc1ccc2cc(-c3ccc(-c4ccc(Cl)cc4)c(F)c3)ccc2c1. The van der Waals surface area contributed by atoms with Gasteiger partial charge in [-0.3, -0.25) is 0 Å². The lowest BCUT2D eigenvalue weighted by Gasteiger charge is -2.09. The molecule has 0 radical (unpaired) electrons. The van der Waals surface area contributed by atoms with Crippen molar-refractivity contribution in [3.05, 3.63) is 108 Å². The first-order valence-corrected chi connectivity index (χ1v) is 9.71. The number of rotatable bonds is 5. The Hall–Kier alpha value is -2.90. The van der Waals surface area contributed by atoms with E-state index in [0.717, 1.165) is 34.9 Å². The molecule has 4 aromatic carbocycles. The van der Waals surface area contributed by atoms with Gasteiger partial charge < -0.3 is 0 Å². The molecular formula is C26H20ClF. The zero-order chi connectivity index (χ0) is 19.5. The van der Waals surface area contributed by atoms with E-state index in [9.17, 15) is 4.39 Å². The van der Waals surface area contributed by atoms with E-state index in [1.54, 1.807) is 18.2 Å². The summed E-state index contributed by atoms with van der Waals surface area (Å²) in [6.45, 7) is 3.78. The summed E-state index contributed by atoms with van der Waals surface area (Å²) >= 11 is 5.93. The molecule has 28 heavy (non-hydrogen) atoms. The first-order chi connectivity index (χ1) is 13.6. The van der Waals surface area contributed by atoms with Crippen molar-refractivity contribution < 1.29 is 4.39 Å². The van der Waals surface area contributed by atoms with E-state index in [4.69, 9.17) is 11.6 Å². The van der Waals surface area contributed by atoms with Crippen LogP contribution in [0.15, 0.2) is 91.5 Å². The fourth-order valence-electron chi connectivity index (χ4n) is 3.46. The Labute approximate surface area is 169 Å². The molecule has 0 saturated carbocycles. The fraction of sp³-hybridized carbons (Fsp3) is 0.0769. The van der Waals surface area contributed by atoms with E-state index in [0.29, 0.717) is 10.6 Å². The summed E-state index contributed by atoms with van der Waals surface area (Å²) in [4.78, 5) is 0. The number of fused-ring (bicyclic) bond motifs is 1. The topological polar surface area (TPSA) is 0 Å². The number of aryl methyl sites for hydroxylation is 1. The van der Waals surface area contributed by atoms with Crippen molar-refractivity contribution in [2.75, 3.05) is 0 Å². The maximum Gasteiger partial charge on any atom is 0.131 e. The highest BCUT2D eigenvalue weighted by atomic mass is 35.5. The van der Waals surface area contributed by atoms with Crippen LogP contribution in [0.1, 0.15) is 12.0 Å². The Morgan fingerprint density at radius 1 is 0.750 bits per heavy atom. The first-order valence-electron chi connectivity index (χ1n) is 9.33. The van der Waals surface area contributed by atoms with Gasteiger partial charge in [0, 0.05) is 10.6 Å². The molecule has 4 rings (SSSR count). The van der Waals surface area contributed by atoms with Crippen LogP contribution >= 0.6 is 11.6 Å². The summed E-state index contributed by atoms with van der Waals surface area (Å²) < 4.78 is 14.8. The summed E-state index contributed by atoms with van der Waals surface area (Å²) in [5.41, 5.74) is 4.58. The molecular weight excluding hydrogens is 367 g/mol. The van der Waals surface area contributed by atoms with Crippen LogP contribution in [-0.2, 0) is 6.42 Å². The van der Waals surface area contributed by atoms with E-state index < -0.39 is 0 Å². The molecule has 0 aromatic heterocycles. The van der Waals surface area contributed by atoms with Crippen molar-refractivity contribution in [1.29, 1.82) is 0 Å². The maximum absolute atomic E-state index is 14.8. The van der Waals surface area contributed by atoms with E-state index >= 15 is 0 Å². The molecule has 0 fully saturated rings. The van der Waals surface area contributed by atoms with Crippen molar-refractivity contribution in [3.63, 3.8) is 0 Å². The van der Waals surface area contributed by atoms with Crippen LogP contribution in [0.5, 0.6) is 0 Å². The van der Waals surface area contributed by atoms with Crippen LogP contribution in [-0.4, -0.2) is 0 Å². The van der Waals surface area contributed by atoms with Crippen LogP contribution in [0, 0.1) is 5.82 Å². The molecule has 138 valence electrons. The molecule has 0 bridgehead atoms. The van der Waals surface area contributed by atoms with Gasteiger partial charge in [0.25, 0.3) is 0 Å². The van der Waals surface area contributed by atoms with Gasteiger partial charge in [0.2, 0.25) is 0 Å². The molecule has 0 aliphatic rings. The van der Waals surface area contributed by atoms with Crippen LogP contribution in [0.3, 0.4) is 0 Å². The van der Waals surface area contributed by atoms with Crippen LogP contribution in [0.4, 0.5) is 4.39 Å². The van der Waals surface area contributed by atoms with E-state index in [-0.39, 0.29) is 5.82 Å². The van der Waals surface area contributed by atoms with E-state index in [2.05, 4.69) is 43.0 Å². The largest absolute Gasteiger partial charge is 0.206 e. The minimum absolute atomic E-state index is 0.236. The van der Waals surface area contributed by atoms with Crippen molar-refractivity contribution in [2.24, 2.45) is 0 Å². The molecule has 0 amide bonds. The molecule has 0 aliphatic carbocycles. The maximum atomic E-state index is 14.8. The average molecular weight is 387 g/mol. The minimum Gasteiger partial charge on any atom is -0.206 e. The third-order valence-electron chi connectivity index (χ3n) is 5.00. The number of benzene rings is 4. The lowest BCUT2D eigenvalue weighted by atomic mass is 9.97. The Morgan fingerprint density at radius 2 is 1.39 bits per heavy atom. The molecule has 0 heterocycles. The molecule has 2 heteroatoms. The summed E-state index contributed by atoms with van der Waals surface area (Å²) in [5, 5.41) is 3.00. The Morgan fingerprint density at radius 3 is 2.14 bits per heavy atom. The number of hydrogen-bond donors (Lipinski definition) is 0. The van der Waals surface area contributed by atoms with Gasteiger partial charge in [0.15, 0.2) is 0 Å². The molecule has 0 aliphatic heterocycles. The summed E-state index contributed by atoms with van der Waals surface area (Å²) in [6.07, 6.45) is 3.91. The number of halogens is 2. The standard InChI is InChI=1S/C26H20ClF/c1-2-3-4-18-5-6-21-16-22(8-7-20(21)15-18)23-11-14-25(26(28)17-23)19-9-12-24(27)13-10-19/h2,5-17H,1,3-4H2. The van der Waals surface area contributed by atoms with Crippen molar-refractivity contribution >= 4 is 22.4 Å². The van der Waals surface area contributed by atoms with E-state index in [1.807, 2.05) is 30.3 Å². The van der Waals surface area contributed by atoms with Crippen LogP contribution < -0.4 is 0 Å². The highest BCUT2D eigenvalue weighted by molar-refractivity contribution is 6.30. The van der Waals surface area contributed by atoms with Crippen molar-refractivity contribution in [3.8, 4) is 22.3 Å². The van der Waals surface area contributed by atoms with Gasteiger partial charge in [-0.25, -0.2) is 4.39 Å². The Bertz CT molecular complexity index is 1140. The zero-order valence-corrected chi connectivity index (χ0v) is 16.2. The molecule has 0 saturated heterocycles. The third-order valence-corrected chi connectivity index (χ3v) is 5.25. The highest BCUT2D eigenvalue weighted by Crippen LogP contribution is 2.30. The quantitative estimate of drug-likeness (QED) is 0.304. The Kier molecular flexibility index (Phi) is 5.27. The summed E-state index contributed by atoms with van der Waals surface area (Å²) in [7, 11) is 0. The van der Waals surface area contributed by atoms with Crippen molar-refractivity contribution in [2.45, 2.75) is 12.8 Å². The van der Waals surface area contributed by atoms with Gasteiger partial charge in [0.1, 0.15) is 5.82 Å². The molecule has 0 atom stereocenters. The lowest BCUT2D eigenvalue weighted by Crippen LogP contribution is -1.88. The second-order valence-corrected chi connectivity index (χ2v) is 7.36. The van der Waals surface area contributed by atoms with Gasteiger partial charge in [0.05, 0.1) is 0 Å². The molecule has 0 unspecified atom stereocenters. The van der Waals surface area contributed by atoms with Gasteiger partial charge >= 0.3 is 0 Å². The molecule has 0 nitrogen and oxygen atoms in total. The smallest absolute Gasteiger partial charge is 0.131 e. The molecule has 4 aromatic rings. The highest BCUT2D eigenvalue weighted by Gasteiger charge is 2.08. The zero-order valence-electron chi connectivity index (χ0n) is 15.5. The monoisotopic (exact) mass is 386 g/mol. The molecule has 0 spiro atoms. The predicted molar refractivity (Wildman–Crippen MR) is 118 cm³/mol.